The number of rotatable bonds is 5. The first-order chi connectivity index (χ1) is 8.38. The van der Waals surface area contributed by atoms with Gasteiger partial charge in [-0.25, -0.2) is 0 Å². The molecule has 0 fully saturated rings. The first-order valence-electron chi connectivity index (χ1n) is 6.02. The van der Waals surface area contributed by atoms with Gasteiger partial charge in [0.1, 0.15) is 5.75 Å². The second-order valence-electron chi connectivity index (χ2n) is 5.13. The maximum Gasteiger partial charge on any atom is 0.225 e. The summed E-state index contributed by atoms with van der Waals surface area (Å²) >= 11 is 0. The molecule has 0 saturated carbocycles. The van der Waals surface area contributed by atoms with Crippen molar-refractivity contribution in [3.63, 3.8) is 0 Å². The molecule has 0 spiro atoms. The molecule has 3 N–H and O–H groups in total. The first-order valence-corrected chi connectivity index (χ1v) is 6.02. The van der Waals surface area contributed by atoms with Gasteiger partial charge in [-0.05, 0) is 26.8 Å². The fraction of sp³-hybridized carbons (Fsp3) is 0.500. The van der Waals surface area contributed by atoms with Crippen LogP contribution in [0.2, 0.25) is 0 Å². The van der Waals surface area contributed by atoms with Crippen molar-refractivity contribution >= 4 is 5.91 Å². The van der Waals surface area contributed by atoms with Crippen molar-refractivity contribution in [2.24, 2.45) is 5.73 Å². The normalized spacial score (nSPS) is 11.2. The summed E-state index contributed by atoms with van der Waals surface area (Å²) in [6.07, 6.45) is 0.300. The molecule has 0 aromatic heterocycles. The van der Waals surface area contributed by atoms with Crippen LogP contribution in [-0.2, 0) is 11.2 Å². The highest BCUT2D eigenvalue weighted by molar-refractivity contribution is 5.80. The molecule has 4 nitrogen and oxygen atoms in total. The average molecular weight is 250 g/mol. The average Bonchev–Trinajstić information content (AvgIpc) is 2.28. The molecule has 4 heteroatoms. The van der Waals surface area contributed by atoms with E-state index in [4.69, 9.17) is 10.5 Å². The lowest BCUT2D eigenvalue weighted by Crippen LogP contribution is -2.49. The fourth-order valence-corrected chi connectivity index (χ4v) is 1.69. The molecule has 0 aliphatic rings. The summed E-state index contributed by atoms with van der Waals surface area (Å²) in [6.45, 7) is 6.20. The van der Waals surface area contributed by atoms with Gasteiger partial charge in [0.2, 0.25) is 5.91 Å². The Kier molecular flexibility index (Phi) is 4.73. The number of aryl methyl sites for hydroxylation is 1. The molecule has 0 unspecified atom stereocenters. The van der Waals surface area contributed by atoms with Crippen molar-refractivity contribution in [2.75, 3.05) is 13.7 Å². The minimum atomic E-state index is -0.381. The Hall–Kier alpha value is -1.55. The highest BCUT2D eigenvalue weighted by Gasteiger charge is 2.19. The van der Waals surface area contributed by atoms with Crippen molar-refractivity contribution in [2.45, 2.75) is 32.7 Å². The number of nitrogens with one attached hydrogen (secondary N) is 1. The summed E-state index contributed by atoms with van der Waals surface area (Å²) in [4.78, 5) is 11.9. The number of ether oxygens (including phenoxy) is 1. The third-order valence-corrected chi connectivity index (χ3v) is 2.78. The Labute approximate surface area is 109 Å². The molecule has 0 aliphatic heterocycles. The number of hydrogen-bond donors (Lipinski definition) is 2. The van der Waals surface area contributed by atoms with Gasteiger partial charge in [0, 0.05) is 17.6 Å². The van der Waals surface area contributed by atoms with Crippen molar-refractivity contribution in [3.05, 3.63) is 29.3 Å². The van der Waals surface area contributed by atoms with Gasteiger partial charge in [0.25, 0.3) is 0 Å². The van der Waals surface area contributed by atoms with Gasteiger partial charge in [-0.2, -0.15) is 0 Å². The Morgan fingerprint density at radius 2 is 2.11 bits per heavy atom. The van der Waals surface area contributed by atoms with E-state index in [2.05, 4.69) is 5.32 Å². The van der Waals surface area contributed by atoms with Gasteiger partial charge in [-0.15, -0.1) is 0 Å². The summed E-state index contributed by atoms with van der Waals surface area (Å²) in [5.41, 5.74) is 7.21. The molecular weight excluding hydrogens is 228 g/mol. The van der Waals surface area contributed by atoms with E-state index < -0.39 is 0 Å². The van der Waals surface area contributed by atoms with Gasteiger partial charge in [0.05, 0.1) is 13.5 Å². The molecule has 18 heavy (non-hydrogen) atoms. The first kappa shape index (κ1) is 14.5. The van der Waals surface area contributed by atoms with E-state index in [-0.39, 0.29) is 11.4 Å². The summed E-state index contributed by atoms with van der Waals surface area (Å²) in [6, 6.07) is 5.81. The second kappa shape index (κ2) is 5.87. The molecule has 1 aromatic carbocycles. The van der Waals surface area contributed by atoms with Gasteiger partial charge in [0.15, 0.2) is 0 Å². The molecule has 0 radical (unpaired) electrons. The van der Waals surface area contributed by atoms with E-state index >= 15 is 0 Å². The minimum Gasteiger partial charge on any atom is -0.496 e. The van der Waals surface area contributed by atoms with Gasteiger partial charge in [-0.3, -0.25) is 4.79 Å². The lowest BCUT2D eigenvalue weighted by Gasteiger charge is -2.24. The number of benzene rings is 1. The summed E-state index contributed by atoms with van der Waals surface area (Å²) < 4.78 is 5.25. The van der Waals surface area contributed by atoms with Crippen LogP contribution in [0, 0.1) is 6.92 Å². The van der Waals surface area contributed by atoms with Crippen LogP contribution in [0.25, 0.3) is 0 Å². The minimum absolute atomic E-state index is 0.0469. The van der Waals surface area contributed by atoms with E-state index in [9.17, 15) is 4.79 Å². The molecule has 0 heterocycles. The SMILES string of the molecule is COc1ccc(C)cc1CC(=O)NC(C)(C)CN. The van der Waals surface area contributed by atoms with E-state index in [0.717, 1.165) is 16.9 Å². The van der Waals surface area contributed by atoms with Crippen molar-refractivity contribution < 1.29 is 9.53 Å². The summed E-state index contributed by atoms with van der Waals surface area (Å²) in [5.74, 6) is 0.690. The molecule has 1 rings (SSSR count). The second-order valence-corrected chi connectivity index (χ2v) is 5.13. The molecular formula is C14H22N2O2. The molecule has 0 aliphatic carbocycles. The number of methoxy groups -OCH3 is 1. The molecule has 0 bridgehead atoms. The smallest absolute Gasteiger partial charge is 0.225 e. The van der Waals surface area contributed by atoms with Crippen LogP contribution in [0.1, 0.15) is 25.0 Å². The van der Waals surface area contributed by atoms with Crippen molar-refractivity contribution in [1.82, 2.24) is 5.32 Å². The number of carbonyl (C=O) groups excluding carboxylic acids is 1. The highest BCUT2D eigenvalue weighted by atomic mass is 16.5. The van der Waals surface area contributed by atoms with E-state index in [1.54, 1.807) is 7.11 Å². The number of carbonyl (C=O) groups is 1. The zero-order valence-corrected chi connectivity index (χ0v) is 11.5. The standard InChI is InChI=1S/C14H22N2O2/c1-10-5-6-12(18-4)11(7-10)8-13(17)16-14(2,3)9-15/h5-7H,8-9,15H2,1-4H3,(H,16,17). The zero-order valence-electron chi connectivity index (χ0n) is 11.5. The highest BCUT2D eigenvalue weighted by Crippen LogP contribution is 2.20. The lowest BCUT2D eigenvalue weighted by atomic mass is 10.0. The number of hydrogen-bond acceptors (Lipinski definition) is 3. The Morgan fingerprint density at radius 3 is 2.67 bits per heavy atom. The van der Waals surface area contributed by atoms with Crippen LogP contribution < -0.4 is 15.8 Å². The molecule has 0 atom stereocenters. The third kappa shape index (κ3) is 4.04. The zero-order chi connectivity index (χ0) is 13.8. The van der Waals surface area contributed by atoms with Gasteiger partial charge >= 0.3 is 0 Å². The van der Waals surface area contributed by atoms with Crippen molar-refractivity contribution in [1.29, 1.82) is 0 Å². The van der Waals surface area contributed by atoms with Crippen LogP contribution in [0.3, 0.4) is 0 Å². The summed E-state index contributed by atoms with van der Waals surface area (Å²) in [5, 5.41) is 2.91. The van der Waals surface area contributed by atoms with Gasteiger partial charge in [-0.1, -0.05) is 17.7 Å². The molecule has 100 valence electrons. The Morgan fingerprint density at radius 1 is 1.44 bits per heavy atom. The third-order valence-electron chi connectivity index (χ3n) is 2.78. The number of amides is 1. The van der Waals surface area contributed by atoms with Crippen LogP contribution in [0.15, 0.2) is 18.2 Å². The number of nitrogens with two attached hydrogens (primary N) is 1. The Bertz CT molecular complexity index is 428. The molecule has 1 amide bonds. The lowest BCUT2D eigenvalue weighted by molar-refractivity contribution is -0.121. The van der Waals surface area contributed by atoms with E-state index in [1.807, 2.05) is 39.0 Å². The van der Waals surface area contributed by atoms with E-state index in [1.165, 1.54) is 0 Å². The fourth-order valence-electron chi connectivity index (χ4n) is 1.69. The topological polar surface area (TPSA) is 64.3 Å². The van der Waals surface area contributed by atoms with Crippen LogP contribution >= 0.6 is 0 Å². The van der Waals surface area contributed by atoms with Crippen molar-refractivity contribution in [3.8, 4) is 5.75 Å². The Balaban J connectivity index is 2.78. The predicted molar refractivity (Wildman–Crippen MR) is 72.7 cm³/mol. The quantitative estimate of drug-likeness (QED) is 0.830. The van der Waals surface area contributed by atoms with Crippen LogP contribution in [0.4, 0.5) is 0 Å². The maximum absolute atomic E-state index is 11.9. The molecule has 1 aromatic rings. The maximum atomic E-state index is 11.9. The van der Waals surface area contributed by atoms with Crippen LogP contribution in [0.5, 0.6) is 5.75 Å². The molecule has 0 saturated heterocycles. The van der Waals surface area contributed by atoms with Gasteiger partial charge < -0.3 is 15.8 Å². The summed E-state index contributed by atoms with van der Waals surface area (Å²) in [7, 11) is 1.61. The van der Waals surface area contributed by atoms with E-state index in [0.29, 0.717) is 13.0 Å². The largest absolute Gasteiger partial charge is 0.496 e. The van der Waals surface area contributed by atoms with Crippen LogP contribution in [-0.4, -0.2) is 25.1 Å². The monoisotopic (exact) mass is 250 g/mol. The predicted octanol–water partition coefficient (Wildman–Crippen LogP) is 1.40.